The van der Waals surface area contributed by atoms with Gasteiger partial charge in [0, 0.05) is 0 Å². The van der Waals surface area contributed by atoms with Gasteiger partial charge >= 0.3 is 207 Å². The predicted octanol–water partition coefficient (Wildman–Crippen LogP) is 4.56. The summed E-state index contributed by atoms with van der Waals surface area (Å²) in [6.45, 7) is -0.308. The van der Waals surface area contributed by atoms with Crippen molar-refractivity contribution in [2.75, 3.05) is 13.8 Å². The van der Waals surface area contributed by atoms with E-state index in [9.17, 15) is 13.2 Å². The molecular weight excluding hydrogens is 479 g/mol. The third kappa shape index (κ3) is 4.41. The maximum absolute atomic E-state index is 13.8. The fourth-order valence-corrected chi connectivity index (χ4v) is 11.6. The second-order valence-corrected chi connectivity index (χ2v) is 15.0. The number of rotatable bonds is 7. The molecule has 4 aromatic rings. The summed E-state index contributed by atoms with van der Waals surface area (Å²) in [5.74, 6) is -0.472. The fourth-order valence-electron chi connectivity index (χ4n) is 4.22. The number of hydrogen-bond acceptors (Lipinski definition) is 5. The normalized spacial score (nSPS) is 12.9. The number of aryl methyl sites for hydroxylation is 1. The average molecular weight is 507 g/mol. The number of ether oxygens (including phenoxy) is 1. The number of carbonyl (C=O) groups excluding carboxylic acids is 1. The Hall–Kier alpha value is -3.31. The van der Waals surface area contributed by atoms with Gasteiger partial charge in [0.05, 0.1) is 0 Å². The van der Waals surface area contributed by atoms with Crippen LogP contribution in [0.25, 0.3) is 0 Å². The predicted molar refractivity (Wildman–Crippen MR) is 142 cm³/mol. The molecule has 0 unspecified atom stereocenters. The summed E-state index contributed by atoms with van der Waals surface area (Å²) in [7, 11) is -2.88. The molecule has 180 valence electrons. The molecule has 35 heavy (non-hydrogen) atoms. The molecule has 0 aliphatic heterocycles. The number of benzene rings is 4. The van der Waals surface area contributed by atoms with Crippen LogP contribution in [0.1, 0.15) is 15.9 Å². The second kappa shape index (κ2) is 9.38. The Kier molecular flexibility index (Phi) is 6.65. The summed E-state index contributed by atoms with van der Waals surface area (Å²) >= 11 is 0. The molecular formula is C28H27O5PS. The van der Waals surface area contributed by atoms with Gasteiger partial charge in [-0.1, -0.05) is 0 Å². The van der Waals surface area contributed by atoms with Crippen LogP contribution in [-0.4, -0.2) is 28.2 Å². The minimum absolute atomic E-state index is 0.0805. The van der Waals surface area contributed by atoms with Crippen LogP contribution in [0.3, 0.4) is 0 Å². The van der Waals surface area contributed by atoms with Gasteiger partial charge < -0.3 is 0 Å². The van der Waals surface area contributed by atoms with Gasteiger partial charge in [0.2, 0.25) is 0 Å². The molecule has 0 amide bonds. The van der Waals surface area contributed by atoms with Gasteiger partial charge in [0.1, 0.15) is 0 Å². The van der Waals surface area contributed by atoms with E-state index in [1.807, 2.05) is 74.3 Å². The molecule has 0 saturated heterocycles. The third-order valence-corrected chi connectivity index (χ3v) is 14.0. The molecule has 4 rings (SSSR count). The van der Waals surface area contributed by atoms with Crippen LogP contribution in [-0.2, 0) is 18.8 Å². The van der Waals surface area contributed by atoms with E-state index in [2.05, 4.69) is 0 Å². The molecule has 0 aromatic heterocycles. The van der Waals surface area contributed by atoms with Crippen LogP contribution >= 0.6 is 6.83 Å². The van der Waals surface area contributed by atoms with Crippen LogP contribution in [0.4, 0.5) is 0 Å². The van der Waals surface area contributed by atoms with Gasteiger partial charge in [-0.25, -0.2) is 0 Å². The number of carbonyl (C=O) groups is 1. The van der Waals surface area contributed by atoms with Crippen LogP contribution in [0.15, 0.2) is 114 Å². The van der Waals surface area contributed by atoms with E-state index in [1.54, 1.807) is 48.5 Å². The molecule has 0 saturated carbocycles. The van der Waals surface area contributed by atoms with Crippen molar-refractivity contribution in [1.29, 1.82) is 0 Å². The van der Waals surface area contributed by atoms with Gasteiger partial charge in [0.15, 0.2) is 0 Å². The van der Waals surface area contributed by atoms with Crippen molar-refractivity contribution in [3.63, 3.8) is 0 Å². The van der Waals surface area contributed by atoms with Crippen molar-refractivity contribution >= 4 is 38.8 Å². The van der Waals surface area contributed by atoms with Crippen molar-refractivity contribution in [3.8, 4) is 0 Å². The summed E-state index contributed by atoms with van der Waals surface area (Å²) in [6, 6.07) is 32.2. The van der Waals surface area contributed by atoms with Crippen LogP contribution in [0.5, 0.6) is 0 Å². The van der Waals surface area contributed by atoms with Crippen molar-refractivity contribution < 1.29 is 21.9 Å². The summed E-state index contributed by atoms with van der Waals surface area (Å²) in [6.07, 6.45) is 0. The molecule has 0 fully saturated rings. The molecule has 0 atom stereocenters. The summed E-state index contributed by atoms with van der Waals surface area (Å²) < 4.78 is 39.0. The van der Waals surface area contributed by atoms with Crippen molar-refractivity contribution in [2.24, 2.45) is 0 Å². The first-order chi connectivity index (χ1) is 16.7. The summed E-state index contributed by atoms with van der Waals surface area (Å²) in [5, 5.41) is 2.15. The van der Waals surface area contributed by atoms with Gasteiger partial charge in [-0.05, 0) is 0 Å². The zero-order valence-electron chi connectivity index (χ0n) is 19.8. The van der Waals surface area contributed by atoms with Gasteiger partial charge in [-0.15, -0.1) is 0 Å². The SMILES string of the molecule is COC(=O)c1ccc(P(C)(OS(=O)(=O)c2ccc(C)cc2)(c2ccccc2)c2ccccc2)cc1. The van der Waals surface area contributed by atoms with E-state index < -0.39 is 22.9 Å². The molecule has 5 nitrogen and oxygen atoms in total. The van der Waals surface area contributed by atoms with Gasteiger partial charge in [0.25, 0.3) is 0 Å². The zero-order valence-corrected chi connectivity index (χ0v) is 21.5. The molecule has 0 spiro atoms. The topological polar surface area (TPSA) is 69.7 Å². The van der Waals surface area contributed by atoms with E-state index >= 15 is 0 Å². The third-order valence-electron chi connectivity index (χ3n) is 6.26. The molecule has 0 aliphatic carbocycles. The van der Waals surface area contributed by atoms with Crippen molar-refractivity contribution in [2.45, 2.75) is 11.8 Å². The first-order valence-corrected chi connectivity index (χ1v) is 15.0. The monoisotopic (exact) mass is 506 g/mol. The van der Waals surface area contributed by atoms with E-state index in [4.69, 9.17) is 8.71 Å². The number of methoxy groups -OCH3 is 1. The Morgan fingerprint density at radius 2 is 1.14 bits per heavy atom. The molecule has 0 aliphatic rings. The Morgan fingerprint density at radius 1 is 0.686 bits per heavy atom. The molecule has 0 bridgehead atoms. The van der Waals surface area contributed by atoms with Crippen LogP contribution in [0.2, 0.25) is 0 Å². The van der Waals surface area contributed by atoms with Crippen LogP contribution in [0, 0.1) is 6.92 Å². The Morgan fingerprint density at radius 3 is 1.60 bits per heavy atom. The fraction of sp³-hybridized carbons (Fsp3) is 0.107. The molecule has 4 aromatic carbocycles. The van der Waals surface area contributed by atoms with Crippen LogP contribution < -0.4 is 15.9 Å². The Bertz CT molecular complexity index is 1390. The van der Waals surface area contributed by atoms with E-state index in [1.165, 1.54) is 7.11 Å². The first kappa shape index (κ1) is 24.8. The molecule has 0 N–H and O–H groups in total. The number of esters is 1. The first-order valence-electron chi connectivity index (χ1n) is 11.0. The van der Waals surface area contributed by atoms with E-state index in [0.29, 0.717) is 10.9 Å². The van der Waals surface area contributed by atoms with E-state index in [0.717, 1.165) is 16.2 Å². The summed E-state index contributed by atoms with van der Waals surface area (Å²) in [4.78, 5) is 12.2. The summed E-state index contributed by atoms with van der Waals surface area (Å²) in [5.41, 5.74) is 1.31. The minimum atomic E-state index is -4.20. The number of hydrogen-bond donors (Lipinski definition) is 0. The van der Waals surface area contributed by atoms with E-state index in [-0.39, 0.29) is 4.90 Å². The van der Waals surface area contributed by atoms with Crippen molar-refractivity contribution in [3.05, 3.63) is 120 Å². The quantitative estimate of drug-likeness (QED) is 0.272. The average Bonchev–Trinajstić information content (AvgIpc) is 2.89. The molecule has 0 heterocycles. The second-order valence-electron chi connectivity index (χ2n) is 8.51. The maximum atomic E-state index is 13.8. The van der Waals surface area contributed by atoms with Gasteiger partial charge in [-0.3, -0.25) is 0 Å². The Balaban J connectivity index is 2.05. The molecule has 7 heteroatoms. The van der Waals surface area contributed by atoms with Gasteiger partial charge in [-0.2, -0.15) is 0 Å². The Labute approximate surface area is 206 Å². The van der Waals surface area contributed by atoms with Crippen molar-refractivity contribution in [1.82, 2.24) is 0 Å². The standard InChI is InChI=1S/C28H27O5PS/c1-22-14-20-27(21-15-22)35(30,31)33-34(3,24-10-6-4-7-11-24,25-12-8-5-9-13-25)26-18-16-23(17-19-26)28(29)32-2/h4-21H,1-3H3. The zero-order chi connectivity index (χ0) is 25.1. The molecule has 0 radical (unpaired) electrons.